The van der Waals surface area contributed by atoms with E-state index >= 15 is 4.39 Å². The predicted molar refractivity (Wildman–Crippen MR) is 180 cm³/mol. The van der Waals surface area contributed by atoms with E-state index in [1.165, 1.54) is 40.7 Å². The van der Waals surface area contributed by atoms with Gasteiger partial charge in [0.05, 0.1) is 45.1 Å². The highest BCUT2D eigenvalue weighted by atomic mass is 35.5. The lowest BCUT2D eigenvalue weighted by atomic mass is 10.0. The Kier molecular flexibility index (Phi) is 8.38. The van der Waals surface area contributed by atoms with Gasteiger partial charge in [-0.25, -0.2) is 26.6 Å². The summed E-state index contributed by atoms with van der Waals surface area (Å²) in [7, 11) is -2.34. The summed E-state index contributed by atoms with van der Waals surface area (Å²) in [5.41, 5.74) is 0.298. The van der Waals surface area contributed by atoms with Crippen molar-refractivity contribution >= 4 is 55.2 Å². The molecule has 17 heteroatoms. The zero-order valence-electron chi connectivity index (χ0n) is 26.5. The van der Waals surface area contributed by atoms with Crippen LogP contribution in [-0.4, -0.2) is 49.7 Å². The van der Waals surface area contributed by atoms with Gasteiger partial charge in [-0.1, -0.05) is 17.7 Å². The van der Waals surface area contributed by atoms with Crippen molar-refractivity contribution < 1.29 is 26.4 Å². The zero-order chi connectivity index (χ0) is 35.5. The number of benzene rings is 3. The highest BCUT2D eigenvalue weighted by molar-refractivity contribution is 7.92. The van der Waals surface area contributed by atoms with Crippen LogP contribution in [-0.2, 0) is 34.8 Å². The van der Waals surface area contributed by atoms with E-state index in [-0.39, 0.29) is 62.7 Å². The van der Waals surface area contributed by atoms with Crippen LogP contribution in [0.15, 0.2) is 65.6 Å². The van der Waals surface area contributed by atoms with Gasteiger partial charge >= 0.3 is 0 Å². The monoisotopic (exact) mass is 724 g/mol. The number of carbonyl (C=O) groups excluding carboxylic acids is 1. The van der Waals surface area contributed by atoms with Crippen LogP contribution in [0.2, 0.25) is 5.02 Å². The highest BCUT2D eigenvalue weighted by Gasteiger charge is 2.29. The molecule has 6 aromatic rings. The number of sulfonamides is 1. The topological polar surface area (TPSA) is 146 Å². The molecule has 1 atom stereocenters. The van der Waals surface area contributed by atoms with Gasteiger partial charge in [-0.15, -0.1) is 0 Å². The molecule has 0 unspecified atom stereocenters. The molecule has 0 aliphatic heterocycles. The molecule has 258 valence electrons. The summed E-state index contributed by atoms with van der Waals surface area (Å²) in [5.74, 6) is -3.04. The van der Waals surface area contributed by atoms with Gasteiger partial charge in [0.25, 0.3) is 5.56 Å². The number of aryl methyl sites for hydroxylation is 1. The number of fused-ring (bicyclic) bond motifs is 2. The molecule has 0 spiro atoms. The van der Waals surface area contributed by atoms with Crippen molar-refractivity contribution in [3.8, 4) is 5.69 Å². The lowest BCUT2D eigenvalue weighted by molar-refractivity contribution is -0.122. The van der Waals surface area contributed by atoms with E-state index in [1.807, 2.05) is 6.07 Å². The van der Waals surface area contributed by atoms with E-state index < -0.39 is 45.0 Å². The Morgan fingerprint density at radius 1 is 1.04 bits per heavy atom. The highest BCUT2D eigenvalue weighted by Crippen LogP contribution is 2.39. The molecule has 1 fully saturated rings. The number of anilines is 1. The quantitative estimate of drug-likeness (QED) is 0.205. The molecule has 7 rings (SSSR count). The van der Waals surface area contributed by atoms with Gasteiger partial charge in [0, 0.05) is 31.6 Å². The number of aromatic nitrogens is 6. The van der Waals surface area contributed by atoms with Gasteiger partial charge in [-0.2, -0.15) is 10.2 Å². The minimum Gasteiger partial charge on any atom is -0.344 e. The molecule has 0 bridgehead atoms. The van der Waals surface area contributed by atoms with Crippen molar-refractivity contribution in [1.29, 1.82) is 0 Å². The minimum atomic E-state index is -3.83. The van der Waals surface area contributed by atoms with E-state index in [1.54, 1.807) is 6.20 Å². The van der Waals surface area contributed by atoms with Crippen LogP contribution in [0.4, 0.5) is 19.0 Å². The number of nitrogens with one attached hydrogen (secondary N) is 2. The van der Waals surface area contributed by atoms with Crippen molar-refractivity contribution in [1.82, 2.24) is 34.4 Å². The van der Waals surface area contributed by atoms with Crippen LogP contribution in [0.3, 0.4) is 0 Å². The van der Waals surface area contributed by atoms with Crippen LogP contribution >= 0.6 is 11.6 Å². The van der Waals surface area contributed by atoms with Gasteiger partial charge < -0.3 is 5.32 Å². The molecule has 12 nitrogen and oxygen atoms in total. The molecular weight excluding hydrogens is 697 g/mol. The molecule has 1 saturated carbocycles. The summed E-state index contributed by atoms with van der Waals surface area (Å²) in [6, 6.07) is 10.2. The number of halogens is 4. The molecule has 1 aliphatic rings. The van der Waals surface area contributed by atoms with E-state index in [0.29, 0.717) is 12.0 Å². The van der Waals surface area contributed by atoms with Crippen molar-refractivity contribution in [2.75, 3.05) is 11.0 Å². The third kappa shape index (κ3) is 6.55. The Balaban J connectivity index is 1.44. The molecule has 3 heterocycles. The summed E-state index contributed by atoms with van der Waals surface area (Å²) in [4.78, 5) is 32.7. The second kappa shape index (κ2) is 12.6. The minimum absolute atomic E-state index is 0.0401. The van der Waals surface area contributed by atoms with Crippen LogP contribution in [0, 0.1) is 17.5 Å². The van der Waals surface area contributed by atoms with Gasteiger partial charge in [0.1, 0.15) is 35.2 Å². The first-order valence-electron chi connectivity index (χ1n) is 15.4. The van der Waals surface area contributed by atoms with Gasteiger partial charge in [-0.3, -0.25) is 28.2 Å². The summed E-state index contributed by atoms with van der Waals surface area (Å²) < 4.78 is 74.7. The largest absolute Gasteiger partial charge is 0.344 e. The number of carbonyl (C=O) groups is 1. The first kappa shape index (κ1) is 33.3. The Morgan fingerprint density at radius 2 is 1.78 bits per heavy atom. The number of hydrogen-bond acceptors (Lipinski definition) is 7. The molecule has 2 N–H and O–H groups in total. The fourth-order valence-electron chi connectivity index (χ4n) is 6.08. The SMILES string of the molecule is Cn1nc(NS(C)(=O)=O)c2c(Cl)ccc(-n3c([C@H](Cc4cc(F)cc(F)c4)NC(=O)Cn4ccc(C5CC5)n4)nc4cccc(F)c4c3=O)c21. The van der Waals surface area contributed by atoms with Crippen LogP contribution in [0.5, 0.6) is 0 Å². The van der Waals surface area contributed by atoms with Gasteiger partial charge in [-0.05, 0) is 60.9 Å². The normalized spacial score (nSPS) is 14.0. The molecular formula is C33H28ClF3N8O4S. The van der Waals surface area contributed by atoms with Crippen molar-refractivity contribution in [2.24, 2.45) is 7.05 Å². The lowest BCUT2D eigenvalue weighted by Crippen LogP contribution is -2.37. The Bertz CT molecular complexity index is 2490. The van der Waals surface area contributed by atoms with Crippen molar-refractivity contribution in [3.05, 3.63) is 111 Å². The average molecular weight is 725 g/mol. The van der Waals surface area contributed by atoms with E-state index in [4.69, 9.17) is 11.6 Å². The maximum atomic E-state index is 15.3. The van der Waals surface area contributed by atoms with Crippen molar-refractivity contribution in [2.45, 2.75) is 37.8 Å². The molecule has 1 amide bonds. The predicted octanol–water partition coefficient (Wildman–Crippen LogP) is 4.89. The number of amides is 1. The average Bonchev–Trinajstić information content (AvgIpc) is 3.68. The van der Waals surface area contributed by atoms with Gasteiger partial charge in [0.2, 0.25) is 15.9 Å². The molecule has 0 saturated heterocycles. The third-order valence-corrected chi connectivity index (χ3v) is 9.16. The zero-order valence-corrected chi connectivity index (χ0v) is 28.1. The third-order valence-electron chi connectivity index (χ3n) is 8.28. The maximum absolute atomic E-state index is 15.3. The molecule has 0 radical (unpaired) electrons. The molecule has 3 aromatic heterocycles. The van der Waals surface area contributed by atoms with E-state index in [9.17, 15) is 26.8 Å². The fourth-order valence-corrected chi connectivity index (χ4v) is 6.82. The summed E-state index contributed by atoms with van der Waals surface area (Å²) >= 11 is 6.55. The first-order valence-corrected chi connectivity index (χ1v) is 17.6. The smallest absolute Gasteiger partial charge is 0.269 e. The van der Waals surface area contributed by atoms with Crippen LogP contribution in [0.25, 0.3) is 27.5 Å². The summed E-state index contributed by atoms with van der Waals surface area (Å²) in [5, 5.41) is 11.4. The summed E-state index contributed by atoms with van der Waals surface area (Å²) in [6.45, 7) is -0.222. The van der Waals surface area contributed by atoms with E-state index in [0.717, 1.165) is 47.6 Å². The van der Waals surface area contributed by atoms with Crippen LogP contribution < -0.4 is 15.6 Å². The first-order chi connectivity index (χ1) is 23.8. The number of rotatable bonds is 10. The van der Waals surface area contributed by atoms with Crippen molar-refractivity contribution in [3.63, 3.8) is 0 Å². The molecule has 1 aliphatic carbocycles. The second-order valence-electron chi connectivity index (χ2n) is 12.2. The Labute approximate surface area is 287 Å². The van der Waals surface area contributed by atoms with Gasteiger partial charge in [0.15, 0.2) is 5.82 Å². The Morgan fingerprint density at radius 3 is 2.48 bits per heavy atom. The number of hydrogen-bond donors (Lipinski definition) is 2. The number of nitrogens with zero attached hydrogens (tertiary/aromatic N) is 6. The second-order valence-corrected chi connectivity index (χ2v) is 14.4. The molecule has 3 aromatic carbocycles. The van der Waals surface area contributed by atoms with E-state index in [2.05, 4.69) is 25.2 Å². The Hall–Kier alpha value is -5.22. The summed E-state index contributed by atoms with van der Waals surface area (Å²) in [6.07, 6.45) is 4.39. The fraction of sp³-hybridized carbons (Fsp3) is 0.242. The molecule has 50 heavy (non-hydrogen) atoms. The van der Waals surface area contributed by atoms with Crippen LogP contribution in [0.1, 0.15) is 41.9 Å². The maximum Gasteiger partial charge on any atom is 0.269 e. The standard InChI is InChI=1S/C33H28ClF3N8O4S/c1-43-30-26(9-8-21(34)28(30)31(41-43)42-50(2,48)49)45-32(39-24-5-3-4-22(37)29(24)33(45)47)25(14-17-12-19(35)15-20(36)13-17)38-27(46)16-44-11-10-23(40-44)18-6-7-18/h3-5,8-13,15,18,25H,6-7,14,16H2,1-2H3,(H,38,46)(H,41,42)/t25-/m0/s1. The lowest BCUT2D eigenvalue weighted by Gasteiger charge is -2.24.